The predicted molar refractivity (Wildman–Crippen MR) is 99.9 cm³/mol. The third-order valence-electron chi connectivity index (χ3n) is 3.72. The number of amides is 1. The van der Waals surface area contributed by atoms with E-state index in [2.05, 4.69) is 4.98 Å². The van der Waals surface area contributed by atoms with Crippen molar-refractivity contribution in [2.75, 3.05) is 14.1 Å². The van der Waals surface area contributed by atoms with Crippen LogP contribution in [0.15, 0.2) is 42.6 Å². The molecule has 27 heavy (non-hydrogen) atoms. The zero-order chi connectivity index (χ0) is 19.8. The molecule has 142 valence electrons. The number of nitrogens with one attached hydrogen (secondary N) is 2. The number of carbonyl (C=O) groups is 1. The Kier molecular flexibility index (Phi) is 5.09. The fraction of sp³-hybridized carbons (Fsp3) is 0.118. The van der Waals surface area contributed by atoms with Crippen LogP contribution in [0.3, 0.4) is 0 Å². The van der Waals surface area contributed by atoms with Crippen LogP contribution < -0.4 is 9.46 Å². The van der Waals surface area contributed by atoms with E-state index in [1.807, 2.05) is 6.07 Å². The number of ether oxygens (including phenoxy) is 1. The molecule has 2 aromatic carbocycles. The van der Waals surface area contributed by atoms with Gasteiger partial charge in [0.1, 0.15) is 17.3 Å². The number of rotatable bonds is 5. The van der Waals surface area contributed by atoms with Crippen LogP contribution in [-0.4, -0.2) is 37.7 Å². The second kappa shape index (κ2) is 7.18. The fourth-order valence-corrected chi connectivity index (χ4v) is 3.00. The zero-order valence-electron chi connectivity index (χ0n) is 14.3. The molecular formula is C17H15ClFN3O4S. The maximum atomic E-state index is 14.4. The first kappa shape index (κ1) is 19.2. The lowest BCUT2D eigenvalue weighted by Crippen LogP contribution is -2.39. The van der Waals surface area contributed by atoms with Gasteiger partial charge in [-0.3, -0.25) is 4.79 Å². The minimum absolute atomic E-state index is 0.00364. The average molecular weight is 412 g/mol. The molecule has 0 atom stereocenters. The van der Waals surface area contributed by atoms with E-state index in [-0.39, 0.29) is 10.8 Å². The molecule has 0 spiro atoms. The second-order valence-corrected chi connectivity index (χ2v) is 8.10. The van der Waals surface area contributed by atoms with Crippen LogP contribution >= 0.6 is 11.6 Å². The van der Waals surface area contributed by atoms with Crippen LogP contribution in [0, 0.1) is 5.82 Å². The molecule has 0 aliphatic carbocycles. The van der Waals surface area contributed by atoms with E-state index < -0.39 is 27.5 Å². The van der Waals surface area contributed by atoms with Crippen LogP contribution in [0.1, 0.15) is 10.4 Å². The van der Waals surface area contributed by atoms with Gasteiger partial charge in [-0.25, -0.2) is 9.11 Å². The minimum atomic E-state index is -4.06. The molecule has 3 rings (SSSR count). The van der Waals surface area contributed by atoms with Crippen LogP contribution in [0.25, 0.3) is 10.9 Å². The summed E-state index contributed by atoms with van der Waals surface area (Å²) in [6.07, 6.45) is 1.77. The Labute approximate surface area is 159 Å². The molecule has 1 heterocycles. The third kappa shape index (κ3) is 4.05. The van der Waals surface area contributed by atoms with Gasteiger partial charge in [-0.1, -0.05) is 11.6 Å². The molecule has 0 radical (unpaired) electrons. The molecule has 0 aliphatic heterocycles. The van der Waals surface area contributed by atoms with Crippen molar-refractivity contribution in [1.82, 2.24) is 14.0 Å². The van der Waals surface area contributed by atoms with Crippen LogP contribution in [-0.2, 0) is 10.2 Å². The number of halogens is 2. The summed E-state index contributed by atoms with van der Waals surface area (Å²) >= 11 is 6.09. The van der Waals surface area contributed by atoms with Crippen LogP contribution in [0.4, 0.5) is 4.39 Å². The lowest BCUT2D eigenvalue weighted by molar-refractivity contribution is 0.0976. The molecule has 0 unspecified atom stereocenters. The van der Waals surface area contributed by atoms with Gasteiger partial charge in [0, 0.05) is 37.3 Å². The number of fused-ring (bicyclic) bond motifs is 1. The molecule has 2 N–H and O–H groups in total. The van der Waals surface area contributed by atoms with Gasteiger partial charge in [0.05, 0.1) is 10.6 Å². The van der Waals surface area contributed by atoms with E-state index in [1.54, 1.807) is 29.1 Å². The van der Waals surface area contributed by atoms with Crippen molar-refractivity contribution in [2.24, 2.45) is 0 Å². The molecule has 0 saturated heterocycles. The summed E-state index contributed by atoms with van der Waals surface area (Å²) in [4.78, 5) is 15.1. The van der Waals surface area contributed by atoms with Crippen molar-refractivity contribution >= 4 is 38.6 Å². The van der Waals surface area contributed by atoms with Gasteiger partial charge >= 0.3 is 10.2 Å². The Bertz CT molecular complexity index is 1130. The van der Waals surface area contributed by atoms with Crippen molar-refractivity contribution in [3.8, 4) is 11.5 Å². The highest BCUT2D eigenvalue weighted by atomic mass is 35.5. The van der Waals surface area contributed by atoms with Crippen molar-refractivity contribution in [2.45, 2.75) is 0 Å². The van der Waals surface area contributed by atoms with Crippen molar-refractivity contribution in [1.29, 1.82) is 0 Å². The largest absolute Gasteiger partial charge is 0.456 e. The SMILES string of the molecule is CN(C)S(=O)(=O)NC(=O)c1cc(Cl)c(Oc2ccc3[nH]ccc3c2)cc1F. The Morgan fingerprint density at radius 3 is 2.67 bits per heavy atom. The first-order valence-electron chi connectivity index (χ1n) is 7.66. The molecule has 7 nitrogen and oxygen atoms in total. The van der Waals surface area contributed by atoms with Crippen LogP contribution in [0.2, 0.25) is 5.02 Å². The summed E-state index contributed by atoms with van der Waals surface area (Å²) in [6.45, 7) is 0. The highest BCUT2D eigenvalue weighted by molar-refractivity contribution is 7.87. The van der Waals surface area contributed by atoms with Gasteiger partial charge in [-0.15, -0.1) is 0 Å². The maximum Gasteiger partial charge on any atom is 0.303 e. The summed E-state index contributed by atoms with van der Waals surface area (Å²) in [5, 5.41) is 0.854. The Hall–Kier alpha value is -2.62. The molecule has 0 fully saturated rings. The first-order chi connectivity index (χ1) is 12.7. The van der Waals surface area contributed by atoms with Crippen molar-refractivity contribution in [3.05, 3.63) is 59.0 Å². The summed E-state index contributed by atoms with van der Waals surface area (Å²) in [6, 6.07) is 9.01. The maximum absolute atomic E-state index is 14.4. The Balaban J connectivity index is 1.87. The summed E-state index contributed by atoms with van der Waals surface area (Å²) in [5.74, 6) is -1.68. The number of benzene rings is 2. The number of nitrogens with zero attached hydrogens (tertiary/aromatic N) is 1. The van der Waals surface area contributed by atoms with E-state index in [0.29, 0.717) is 5.75 Å². The number of hydrogen-bond donors (Lipinski definition) is 2. The van der Waals surface area contributed by atoms with E-state index in [9.17, 15) is 17.6 Å². The molecule has 0 saturated carbocycles. The average Bonchev–Trinajstić information content (AvgIpc) is 3.05. The molecule has 3 aromatic rings. The Morgan fingerprint density at radius 2 is 1.96 bits per heavy atom. The molecule has 0 bridgehead atoms. The Morgan fingerprint density at radius 1 is 1.22 bits per heavy atom. The molecular weight excluding hydrogens is 397 g/mol. The molecule has 10 heteroatoms. The number of carbonyl (C=O) groups excluding carboxylic acids is 1. The first-order valence-corrected chi connectivity index (χ1v) is 9.48. The van der Waals surface area contributed by atoms with Gasteiger partial charge in [0.2, 0.25) is 0 Å². The van der Waals surface area contributed by atoms with Gasteiger partial charge in [-0.2, -0.15) is 12.7 Å². The third-order valence-corrected chi connectivity index (χ3v) is 5.42. The smallest absolute Gasteiger partial charge is 0.303 e. The standard InChI is InChI=1S/C17H15ClFN3O4S/c1-22(2)27(24,25)21-17(23)12-8-13(18)16(9-14(12)19)26-11-3-4-15-10(7-11)5-6-20-15/h3-9,20H,1-2H3,(H,21,23). The van der Waals surface area contributed by atoms with E-state index in [0.717, 1.165) is 27.3 Å². The number of aromatic amines is 1. The van der Waals surface area contributed by atoms with E-state index in [4.69, 9.17) is 16.3 Å². The predicted octanol–water partition coefficient (Wildman–Crippen LogP) is 3.29. The summed E-state index contributed by atoms with van der Waals surface area (Å²) in [7, 11) is -1.59. The lowest BCUT2D eigenvalue weighted by atomic mass is 10.2. The van der Waals surface area contributed by atoms with Gasteiger partial charge in [0.25, 0.3) is 5.91 Å². The monoisotopic (exact) mass is 411 g/mol. The van der Waals surface area contributed by atoms with Gasteiger partial charge < -0.3 is 9.72 Å². The van der Waals surface area contributed by atoms with Gasteiger partial charge in [-0.05, 0) is 30.3 Å². The number of aromatic nitrogens is 1. The summed E-state index contributed by atoms with van der Waals surface area (Å²) < 4.78 is 45.9. The van der Waals surface area contributed by atoms with Crippen molar-refractivity contribution in [3.63, 3.8) is 0 Å². The molecule has 1 amide bonds. The minimum Gasteiger partial charge on any atom is -0.456 e. The topological polar surface area (TPSA) is 91.5 Å². The lowest BCUT2D eigenvalue weighted by Gasteiger charge is -2.14. The fourth-order valence-electron chi connectivity index (χ4n) is 2.27. The quantitative estimate of drug-likeness (QED) is 0.674. The molecule has 1 aromatic heterocycles. The van der Waals surface area contributed by atoms with E-state index in [1.165, 1.54) is 14.1 Å². The van der Waals surface area contributed by atoms with Crippen molar-refractivity contribution < 1.29 is 22.3 Å². The highest BCUT2D eigenvalue weighted by Gasteiger charge is 2.22. The van der Waals surface area contributed by atoms with Crippen LogP contribution in [0.5, 0.6) is 11.5 Å². The second-order valence-electron chi connectivity index (χ2n) is 5.81. The summed E-state index contributed by atoms with van der Waals surface area (Å²) in [5.41, 5.74) is 0.396. The van der Waals surface area contributed by atoms with Gasteiger partial charge in [0.15, 0.2) is 0 Å². The zero-order valence-corrected chi connectivity index (χ0v) is 15.9. The highest BCUT2D eigenvalue weighted by Crippen LogP contribution is 2.33. The molecule has 0 aliphatic rings. The number of hydrogen-bond acceptors (Lipinski definition) is 4. The number of H-pyrrole nitrogens is 1. The normalized spacial score (nSPS) is 11.7. The van der Waals surface area contributed by atoms with E-state index >= 15 is 0 Å².